The average Bonchev–Trinajstić information content (AvgIpc) is 3.15. The molecule has 1 aromatic carbocycles. The van der Waals surface area contributed by atoms with E-state index in [4.69, 9.17) is 9.15 Å². The summed E-state index contributed by atoms with van der Waals surface area (Å²) in [6, 6.07) is 9.46. The maximum absolute atomic E-state index is 12.9. The molecule has 0 aliphatic carbocycles. The van der Waals surface area contributed by atoms with Crippen LogP contribution in [0.3, 0.4) is 0 Å². The number of furan rings is 1. The van der Waals surface area contributed by atoms with Gasteiger partial charge in [-0.05, 0) is 51.0 Å². The lowest BCUT2D eigenvalue weighted by Crippen LogP contribution is -2.46. The zero-order valence-electron chi connectivity index (χ0n) is 18.9. The standard InChI is InChI=1S/C25H27N3O4/c1-6-17-18-9-7-8-10-19(18)31-22(17)15(2)28(5)21(29)12-11-16-13-20-23(26-14-16)27-24(30)25(3,4)32-20/h7-15H,6H2,1-5H3,(H,26,27,30)/b12-11+. The zero-order valence-corrected chi connectivity index (χ0v) is 18.9. The van der Waals surface area contributed by atoms with Crippen molar-refractivity contribution in [1.29, 1.82) is 0 Å². The molecule has 2 aromatic heterocycles. The SMILES string of the molecule is CCc1c(C(C)N(C)C(=O)/C=C/c2cnc3c(c2)OC(C)(C)C(=O)N3)oc2ccccc12. The number of benzene rings is 1. The predicted octanol–water partition coefficient (Wildman–Crippen LogP) is 4.73. The van der Waals surface area contributed by atoms with Crippen LogP contribution in [0.5, 0.6) is 5.75 Å². The third-order valence-electron chi connectivity index (χ3n) is 5.83. The number of aryl methyl sites for hydroxylation is 1. The maximum atomic E-state index is 12.9. The van der Waals surface area contributed by atoms with Crippen molar-refractivity contribution in [3.05, 3.63) is 59.5 Å². The van der Waals surface area contributed by atoms with Crippen LogP contribution in [0, 0.1) is 0 Å². The number of pyridine rings is 1. The number of likely N-dealkylation sites (N-methyl/N-ethyl adjacent to an activating group) is 1. The molecule has 1 unspecified atom stereocenters. The van der Waals surface area contributed by atoms with Crippen molar-refractivity contribution in [1.82, 2.24) is 9.88 Å². The molecule has 0 bridgehead atoms. The average molecular weight is 434 g/mol. The first-order valence-corrected chi connectivity index (χ1v) is 10.7. The molecule has 2 amide bonds. The van der Waals surface area contributed by atoms with Gasteiger partial charge in [0.2, 0.25) is 5.91 Å². The minimum Gasteiger partial charge on any atom is -0.474 e. The summed E-state index contributed by atoms with van der Waals surface area (Å²) < 4.78 is 11.9. The van der Waals surface area contributed by atoms with Gasteiger partial charge < -0.3 is 19.4 Å². The second-order valence-electron chi connectivity index (χ2n) is 8.43. The quantitative estimate of drug-likeness (QED) is 0.588. The van der Waals surface area contributed by atoms with Crippen molar-refractivity contribution in [2.75, 3.05) is 12.4 Å². The van der Waals surface area contributed by atoms with Gasteiger partial charge >= 0.3 is 0 Å². The molecule has 0 radical (unpaired) electrons. The van der Waals surface area contributed by atoms with Gasteiger partial charge in [-0.15, -0.1) is 0 Å². The third kappa shape index (κ3) is 3.86. The Bertz CT molecular complexity index is 1230. The normalized spacial score (nSPS) is 15.8. The number of ether oxygens (including phenoxy) is 1. The number of nitrogens with zero attached hydrogens (tertiary/aromatic N) is 2. The Morgan fingerprint density at radius 2 is 2.06 bits per heavy atom. The zero-order chi connectivity index (χ0) is 23.0. The molecule has 4 rings (SSSR count). The minimum atomic E-state index is -0.980. The number of carbonyl (C=O) groups excluding carboxylic acids is 2. The number of nitrogens with one attached hydrogen (secondary N) is 1. The maximum Gasteiger partial charge on any atom is 0.269 e. The number of carbonyl (C=O) groups is 2. The Hall–Kier alpha value is -3.61. The summed E-state index contributed by atoms with van der Waals surface area (Å²) in [7, 11) is 1.76. The lowest BCUT2D eigenvalue weighted by Gasteiger charge is -2.30. The van der Waals surface area contributed by atoms with Crippen LogP contribution in [0.15, 0.2) is 47.0 Å². The highest BCUT2D eigenvalue weighted by molar-refractivity contribution is 5.99. The number of anilines is 1. The Morgan fingerprint density at radius 3 is 2.81 bits per heavy atom. The summed E-state index contributed by atoms with van der Waals surface area (Å²) in [5, 5.41) is 3.82. The molecule has 0 fully saturated rings. The van der Waals surface area contributed by atoms with E-state index in [2.05, 4.69) is 17.2 Å². The fraction of sp³-hybridized carbons (Fsp3) is 0.320. The Morgan fingerprint density at radius 1 is 1.31 bits per heavy atom. The van der Waals surface area contributed by atoms with Crippen LogP contribution in [0.1, 0.15) is 50.6 Å². The fourth-order valence-corrected chi connectivity index (χ4v) is 3.77. The minimum absolute atomic E-state index is 0.160. The number of para-hydroxylation sites is 1. The highest BCUT2D eigenvalue weighted by Crippen LogP contribution is 2.34. The topological polar surface area (TPSA) is 84.7 Å². The van der Waals surface area contributed by atoms with Gasteiger partial charge in [-0.2, -0.15) is 0 Å². The van der Waals surface area contributed by atoms with Crippen LogP contribution in [0.4, 0.5) is 5.82 Å². The summed E-state index contributed by atoms with van der Waals surface area (Å²) in [6.07, 6.45) is 5.59. The lowest BCUT2D eigenvalue weighted by molar-refractivity contribution is -0.129. The molecular formula is C25H27N3O4. The highest BCUT2D eigenvalue weighted by Gasteiger charge is 2.36. The van der Waals surface area contributed by atoms with Crippen LogP contribution < -0.4 is 10.1 Å². The third-order valence-corrected chi connectivity index (χ3v) is 5.83. The second kappa shape index (κ2) is 8.15. The molecular weight excluding hydrogens is 406 g/mol. The molecule has 0 spiro atoms. The Labute approximate surface area is 187 Å². The van der Waals surface area contributed by atoms with Gasteiger partial charge in [0.15, 0.2) is 17.2 Å². The van der Waals surface area contributed by atoms with Crippen LogP contribution in [-0.4, -0.2) is 34.3 Å². The van der Waals surface area contributed by atoms with E-state index in [0.29, 0.717) is 17.1 Å². The largest absolute Gasteiger partial charge is 0.474 e. The van der Waals surface area contributed by atoms with Crippen molar-refractivity contribution >= 4 is 34.7 Å². The van der Waals surface area contributed by atoms with E-state index >= 15 is 0 Å². The van der Waals surface area contributed by atoms with E-state index in [1.165, 1.54) is 6.08 Å². The van der Waals surface area contributed by atoms with Crippen molar-refractivity contribution < 1.29 is 18.7 Å². The van der Waals surface area contributed by atoms with Gasteiger partial charge in [0.25, 0.3) is 5.91 Å². The highest BCUT2D eigenvalue weighted by atomic mass is 16.5. The molecule has 7 nitrogen and oxygen atoms in total. The summed E-state index contributed by atoms with van der Waals surface area (Å²) in [5.74, 6) is 1.25. The first-order chi connectivity index (χ1) is 15.2. The lowest BCUT2D eigenvalue weighted by atomic mass is 10.0. The number of rotatable bonds is 5. The van der Waals surface area contributed by atoms with Gasteiger partial charge in [-0.1, -0.05) is 25.1 Å². The fourth-order valence-electron chi connectivity index (χ4n) is 3.77. The molecule has 1 N–H and O–H groups in total. The molecule has 3 aromatic rings. The van der Waals surface area contributed by atoms with Crippen LogP contribution >= 0.6 is 0 Å². The van der Waals surface area contributed by atoms with Gasteiger partial charge in [-0.25, -0.2) is 4.98 Å². The van der Waals surface area contributed by atoms with Gasteiger partial charge in [-0.3, -0.25) is 9.59 Å². The molecule has 7 heteroatoms. The second-order valence-corrected chi connectivity index (χ2v) is 8.43. The number of fused-ring (bicyclic) bond motifs is 2. The van der Waals surface area contributed by atoms with Crippen molar-refractivity contribution in [3.8, 4) is 5.75 Å². The van der Waals surface area contributed by atoms with Crippen LogP contribution in [-0.2, 0) is 16.0 Å². The van der Waals surface area contributed by atoms with E-state index in [-0.39, 0.29) is 17.9 Å². The molecule has 1 atom stereocenters. The monoisotopic (exact) mass is 433 g/mol. The first-order valence-electron chi connectivity index (χ1n) is 10.7. The summed E-state index contributed by atoms with van der Waals surface area (Å²) in [4.78, 5) is 30.8. The van der Waals surface area contributed by atoms with Crippen molar-refractivity contribution in [3.63, 3.8) is 0 Å². The Balaban J connectivity index is 1.53. The van der Waals surface area contributed by atoms with Crippen LogP contribution in [0.2, 0.25) is 0 Å². The number of hydrogen-bond acceptors (Lipinski definition) is 5. The van der Waals surface area contributed by atoms with E-state index in [1.807, 2.05) is 31.2 Å². The molecule has 1 aliphatic heterocycles. The van der Waals surface area contributed by atoms with E-state index in [0.717, 1.165) is 28.7 Å². The molecule has 0 saturated carbocycles. The van der Waals surface area contributed by atoms with Gasteiger partial charge in [0, 0.05) is 30.3 Å². The van der Waals surface area contributed by atoms with Gasteiger partial charge in [0.1, 0.15) is 11.3 Å². The molecule has 166 valence electrons. The van der Waals surface area contributed by atoms with Crippen molar-refractivity contribution in [2.45, 2.75) is 45.8 Å². The van der Waals surface area contributed by atoms with E-state index in [1.54, 1.807) is 44.1 Å². The Kier molecular flexibility index (Phi) is 5.50. The van der Waals surface area contributed by atoms with E-state index in [9.17, 15) is 9.59 Å². The first kappa shape index (κ1) is 21.6. The molecule has 32 heavy (non-hydrogen) atoms. The van der Waals surface area contributed by atoms with Gasteiger partial charge in [0.05, 0.1) is 6.04 Å². The van der Waals surface area contributed by atoms with Crippen molar-refractivity contribution in [2.24, 2.45) is 0 Å². The smallest absolute Gasteiger partial charge is 0.269 e. The summed E-state index contributed by atoms with van der Waals surface area (Å²) in [6.45, 7) is 7.43. The molecule has 1 aliphatic rings. The molecule has 3 heterocycles. The van der Waals surface area contributed by atoms with E-state index < -0.39 is 5.60 Å². The number of aromatic nitrogens is 1. The number of amides is 2. The van der Waals surface area contributed by atoms with Crippen LogP contribution in [0.25, 0.3) is 17.0 Å². The summed E-state index contributed by atoms with van der Waals surface area (Å²) in [5.41, 5.74) is 1.67. The summed E-state index contributed by atoms with van der Waals surface area (Å²) >= 11 is 0. The molecule has 0 saturated heterocycles. The number of hydrogen-bond donors (Lipinski definition) is 1. The predicted molar refractivity (Wildman–Crippen MR) is 123 cm³/mol.